The number of fused-ring (bicyclic) bond motifs is 1. The van der Waals surface area contributed by atoms with E-state index in [2.05, 4.69) is 0 Å². The van der Waals surface area contributed by atoms with E-state index in [1.165, 1.54) is 14.2 Å². The zero-order valence-corrected chi connectivity index (χ0v) is 11.8. The molecule has 7 heteroatoms. The van der Waals surface area contributed by atoms with E-state index < -0.39 is 11.8 Å². The summed E-state index contributed by atoms with van der Waals surface area (Å²) in [6.45, 7) is 1.23. The van der Waals surface area contributed by atoms with E-state index in [0.29, 0.717) is 24.7 Å². The molecule has 0 bridgehead atoms. The number of esters is 1. The number of rotatable bonds is 2. The van der Waals surface area contributed by atoms with E-state index in [0.717, 1.165) is 0 Å². The summed E-state index contributed by atoms with van der Waals surface area (Å²) < 4.78 is 32.6. The van der Waals surface area contributed by atoms with Gasteiger partial charge in [-0.3, -0.25) is 0 Å². The number of ether oxygens (including phenoxy) is 6. The molecule has 21 heavy (non-hydrogen) atoms. The van der Waals surface area contributed by atoms with Crippen molar-refractivity contribution in [2.45, 2.75) is 5.79 Å². The summed E-state index contributed by atoms with van der Waals surface area (Å²) in [5.74, 6) is -0.375. The number of methoxy groups -OCH3 is 2. The normalized spacial score (nSPS) is 19.1. The molecule has 1 saturated heterocycles. The molecule has 1 spiro atoms. The molecule has 0 radical (unpaired) electrons. The summed E-state index contributed by atoms with van der Waals surface area (Å²) in [5.41, 5.74) is 0.267. The van der Waals surface area contributed by atoms with Gasteiger partial charge in [0.25, 0.3) is 0 Å². The lowest BCUT2D eigenvalue weighted by atomic mass is 10.1. The number of carbonyl (C=O) groups excluding carboxylic acids is 1. The molecule has 1 fully saturated rings. The van der Waals surface area contributed by atoms with Crippen LogP contribution in [-0.2, 0) is 14.2 Å². The Labute approximate surface area is 121 Å². The average molecular weight is 296 g/mol. The minimum atomic E-state index is -0.947. The van der Waals surface area contributed by atoms with Crippen LogP contribution in [0.3, 0.4) is 0 Å². The van der Waals surface area contributed by atoms with Gasteiger partial charge in [-0.1, -0.05) is 0 Å². The quantitative estimate of drug-likeness (QED) is 0.754. The van der Waals surface area contributed by atoms with Crippen molar-refractivity contribution in [3.63, 3.8) is 0 Å². The molecule has 0 N–H and O–H groups in total. The van der Waals surface area contributed by atoms with Gasteiger partial charge in [0, 0.05) is 0 Å². The monoisotopic (exact) mass is 296 g/mol. The van der Waals surface area contributed by atoms with Crippen LogP contribution >= 0.6 is 0 Å². The van der Waals surface area contributed by atoms with E-state index in [4.69, 9.17) is 28.4 Å². The minimum absolute atomic E-state index is 0.122. The highest BCUT2D eigenvalue weighted by Gasteiger charge is 2.42. The Hall–Kier alpha value is -1.99. The van der Waals surface area contributed by atoms with Gasteiger partial charge in [-0.15, -0.1) is 0 Å². The first kappa shape index (κ1) is 14.0. The predicted octanol–water partition coefficient (Wildman–Crippen LogP) is 0.996. The molecule has 1 aromatic carbocycles. The van der Waals surface area contributed by atoms with E-state index in [1.54, 1.807) is 12.1 Å². The van der Waals surface area contributed by atoms with Gasteiger partial charge >= 0.3 is 5.97 Å². The molecule has 0 aliphatic carbocycles. The van der Waals surface area contributed by atoms with Gasteiger partial charge in [-0.05, 0) is 12.1 Å². The van der Waals surface area contributed by atoms with E-state index in [9.17, 15) is 4.79 Å². The standard InChI is InChI=1S/C14H16O7/c1-16-10-4-3-9(13(15)17-2)11-12(10)19-8-14(7-18-11)20-5-6-21-14/h3-4H,5-8H2,1-2H3. The highest BCUT2D eigenvalue weighted by Crippen LogP contribution is 2.43. The molecular formula is C14H16O7. The zero-order chi connectivity index (χ0) is 14.9. The summed E-state index contributed by atoms with van der Waals surface area (Å²) in [7, 11) is 2.82. The van der Waals surface area contributed by atoms with Gasteiger partial charge in [0.1, 0.15) is 18.8 Å². The highest BCUT2D eigenvalue weighted by molar-refractivity contribution is 5.94. The van der Waals surface area contributed by atoms with Crippen LogP contribution in [0.15, 0.2) is 12.1 Å². The molecule has 1 aromatic rings. The molecule has 0 aromatic heterocycles. The second-order valence-electron chi connectivity index (χ2n) is 4.65. The largest absolute Gasteiger partial charge is 0.493 e. The molecule has 2 aliphatic rings. The van der Waals surface area contributed by atoms with Gasteiger partial charge in [0.15, 0.2) is 11.5 Å². The average Bonchev–Trinajstić information content (AvgIpc) is 2.89. The first-order chi connectivity index (χ1) is 10.2. The molecule has 0 unspecified atom stereocenters. The summed E-state index contributed by atoms with van der Waals surface area (Å²) in [5, 5.41) is 0. The van der Waals surface area contributed by atoms with Crippen LogP contribution in [0.4, 0.5) is 0 Å². The maximum absolute atomic E-state index is 11.8. The topological polar surface area (TPSA) is 72.5 Å². The summed E-state index contributed by atoms with van der Waals surface area (Å²) in [6.07, 6.45) is 0. The van der Waals surface area contributed by atoms with Gasteiger partial charge in [-0.25, -0.2) is 4.79 Å². The smallest absolute Gasteiger partial charge is 0.341 e. The van der Waals surface area contributed by atoms with E-state index in [1.807, 2.05) is 0 Å². The van der Waals surface area contributed by atoms with Crippen molar-refractivity contribution >= 4 is 5.97 Å². The van der Waals surface area contributed by atoms with Gasteiger partial charge < -0.3 is 28.4 Å². The molecule has 0 saturated carbocycles. The maximum Gasteiger partial charge on any atom is 0.341 e. The Bertz CT molecular complexity index is 548. The van der Waals surface area contributed by atoms with Crippen molar-refractivity contribution in [3.8, 4) is 17.2 Å². The Morgan fingerprint density at radius 2 is 1.76 bits per heavy atom. The van der Waals surface area contributed by atoms with Crippen molar-refractivity contribution in [3.05, 3.63) is 17.7 Å². The van der Waals surface area contributed by atoms with Crippen LogP contribution in [0, 0.1) is 0 Å². The van der Waals surface area contributed by atoms with Crippen molar-refractivity contribution in [2.75, 3.05) is 40.6 Å². The lowest BCUT2D eigenvalue weighted by molar-refractivity contribution is -0.189. The zero-order valence-electron chi connectivity index (χ0n) is 11.8. The molecule has 0 atom stereocenters. The Morgan fingerprint density at radius 3 is 2.38 bits per heavy atom. The van der Waals surface area contributed by atoms with Crippen molar-refractivity contribution in [2.24, 2.45) is 0 Å². The van der Waals surface area contributed by atoms with Crippen LogP contribution in [0.1, 0.15) is 10.4 Å². The third kappa shape index (κ3) is 2.38. The SMILES string of the molecule is COC(=O)c1ccc(OC)c2c1OCC1(CO2)OCCO1. The van der Waals surface area contributed by atoms with Gasteiger partial charge in [-0.2, -0.15) is 0 Å². The number of hydrogen-bond acceptors (Lipinski definition) is 7. The van der Waals surface area contributed by atoms with Crippen LogP contribution < -0.4 is 14.2 Å². The minimum Gasteiger partial charge on any atom is -0.493 e. The Kier molecular flexibility index (Phi) is 3.60. The number of benzene rings is 1. The molecule has 7 nitrogen and oxygen atoms in total. The fraction of sp³-hybridized carbons (Fsp3) is 0.500. The maximum atomic E-state index is 11.8. The summed E-state index contributed by atoms with van der Waals surface area (Å²) in [6, 6.07) is 3.20. The van der Waals surface area contributed by atoms with E-state index >= 15 is 0 Å². The van der Waals surface area contributed by atoms with Crippen molar-refractivity contribution in [1.82, 2.24) is 0 Å². The molecule has 3 rings (SSSR count). The molecular weight excluding hydrogens is 280 g/mol. The number of carbonyl (C=O) groups is 1. The van der Waals surface area contributed by atoms with Crippen LogP contribution in [0.25, 0.3) is 0 Å². The molecule has 114 valence electrons. The van der Waals surface area contributed by atoms with Crippen LogP contribution in [0.2, 0.25) is 0 Å². The fourth-order valence-electron chi connectivity index (χ4n) is 2.33. The van der Waals surface area contributed by atoms with Crippen molar-refractivity contribution < 1.29 is 33.2 Å². The van der Waals surface area contributed by atoms with Crippen molar-refractivity contribution in [1.29, 1.82) is 0 Å². The first-order valence-electron chi connectivity index (χ1n) is 6.52. The molecule has 2 aliphatic heterocycles. The van der Waals surface area contributed by atoms with E-state index in [-0.39, 0.29) is 24.5 Å². The highest BCUT2D eigenvalue weighted by atomic mass is 16.8. The molecule has 2 heterocycles. The number of hydrogen-bond donors (Lipinski definition) is 0. The third-order valence-corrected chi connectivity index (χ3v) is 3.39. The second-order valence-corrected chi connectivity index (χ2v) is 4.65. The van der Waals surface area contributed by atoms with Gasteiger partial charge in [0.05, 0.1) is 27.4 Å². The fourth-order valence-corrected chi connectivity index (χ4v) is 2.33. The van der Waals surface area contributed by atoms with Crippen LogP contribution in [0.5, 0.6) is 17.2 Å². The summed E-state index contributed by atoms with van der Waals surface area (Å²) >= 11 is 0. The Balaban J connectivity index is 2.00. The summed E-state index contributed by atoms with van der Waals surface area (Å²) in [4.78, 5) is 11.8. The third-order valence-electron chi connectivity index (χ3n) is 3.39. The predicted molar refractivity (Wildman–Crippen MR) is 70.0 cm³/mol. The first-order valence-corrected chi connectivity index (χ1v) is 6.52. The lowest BCUT2D eigenvalue weighted by Gasteiger charge is -2.23. The second kappa shape index (κ2) is 5.42. The van der Waals surface area contributed by atoms with Gasteiger partial charge in [0.2, 0.25) is 11.5 Å². The molecule has 0 amide bonds. The van der Waals surface area contributed by atoms with Crippen LogP contribution in [-0.4, -0.2) is 52.4 Å². The Morgan fingerprint density at radius 1 is 1.10 bits per heavy atom. The lowest BCUT2D eigenvalue weighted by Crippen LogP contribution is -2.42.